The van der Waals surface area contributed by atoms with Crippen LogP contribution in [-0.4, -0.2) is 60.5 Å². The van der Waals surface area contributed by atoms with Gasteiger partial charge in [-0.15, -0.1) is 0 Å². The fraction of sp³-hybridized carbons (Fsp3) is 0.929. The summed E-state index contributed by atoms with van der Waals surface area (Å²) < 4.78 is 0. The topological polar surface area (TPSA) is 35.6 Å². The Kier molecular flexibility index (Phi) is 4.62. The fourth-order valence-corrected chi connectivity index (χ4v) is 3.12. The summed E-state index contributed by atoms with van der Waals surface area (Å²) in [6.45, 7) is 6.96. The predicted octanol–water partition coefficient (Wildman–Crippen LogP) is 1.07. The van der Waals surface area contributed by atoms with Crippen molar-refractivity contribution in [2.45, 2.75) is 57.7 Å². The molecule has 0 bridgehead atoms. The van der Waals surface area contributed by atoms with Crippen LogP contribution in [-0.2, 0) is 4.79 Å². The monoisotopic (exact) mass is 253 g/mol. The van der Waals surface area contributed by atoms with E-state index in [2.05, 4.69) is 24.1 Å². The van der Waals surface area contributed by atoms with Gasteiger partial charge in [-0.1, -0.05) is 0 Å². The van der Waals surface area contributed by atoms with Gasteiger partial charge in [-0.25, -0.2) is 0 Å². The van der Waals surface area contributed by atoms with E-state index in [1.807, 2.05) is 11.9 Å². The van der Waals surface area contributed by atoms with Crippen molar-refractivity contribution >= 4 is 5.91 Å². The molecule has 4 nitrogen and oxygen atoms in total. The van der Waals surface area contributed by atoms with E-state index in [0.717, 1.165) is 13.1 Å². The summed E-state index contributed by atoms with van der Waals surface area (Å²) in [6.07, 6.45) is 5.04. The van der Waals surface area contributed by atoms with Crippen LogP contribution in [0.4, 0.5) is 0 Å². The second-order valence-electron chi connectivity index (χ2n) is 5.98. The summed E-state index contributed by atoms with van der Waals surface area (Å²) in [7, 11) is 1.91. The highest BCUT2D eigenvalue weighted by Gasteiger charge is 2.34. The average molecular weight is 253 g/mol. The molecule has 0 aromatic heterocycles. The number of amides is 1. The number of rotatable bonds is 4. The van der Waals surface area contributed by atoms with Crippen molar-refractivity contribution in [3.63, 3.8) is 0 Å². The zero-order chi connectivity index (χ0) is 13.1. The first-order valence-corrected chi connectivity index (χ1v) is 7.32. The molecule has 2 heterocycles. The zero-order valence-electron chi connectivity index (χ0n) is 12.0. The number of likely N-dealkylation sites (N-methyl/N-ethyl adjacent to an activating group) is 1. The predicted molar refractivity (Wildman–Crippen MR) is 73.5 cm³/mol. The molecule has 2 rings (SSSR count). The van der Waals surface area contributed by atoms with Crippen molar-refractivity contribution < 1.29 is 4.79 Å². The highest BCUT2D eigenvalue weighted by Crippen LogP contribution is 2.24. The van der Waals surface area contributed by atoms with Gasteiger partial charge >= 0.3 is 0 Å². The second kappa shape index (κ2) is 6.02. The lowest BCUT2D eigenvalue weighted by Crippen LogP contribution is -2.48. The van der Waals surface area contributed by atoms with Gasteiger partial charge in [0.05, 0.1) is 6.54 Å². The number of nitrogens with one attached hydrogen (secondary N) is 1. The molecule has 2 fully saturated rings. The molecule has 2 saturated heterocycles. The Morgan fingerprint density at radius 1 is 1.39 bits per heavy atom. The SMILES string of the molecule is CC(C)N(C)C(=O)CN1CCCC1C1CCCN1. The molecule has 0 aromatic rings. The Labute approximate surface area is 111 Å². The molecule has 2 aliphatic rings. The fourth-order valence-electron chi connectivity index (χ4n) is 3.12. The van der Waals surface area contributed by atoms with Crippen LogP contribution < -0.4 is 5.32 Å². The first-order chi connectivity index (χ1) is 8.59. The van der Waals surface area contributed by atoms with Crippen LogP contribution in [0.25, 0.3) is 0 Å². The third kappa shape index (κ3) is 3.04. The number of hydrogen-bond acceptors (Lipinski definition) is 3. The van der Waals surface area contributed by atoms with Gasteiger partial charge in [0.15, 0.2) is 0 Å². The quantitative estimate of drug-likeness (QED) is 0.814. The third-order valence-electron chi connectivity index (χ3n) is 4.48. The maximum atomic E-state index is 12.2. The molecule has 0 spiro atoms. The minimum atomic E-state index is 0.259. The maximum absolute atomic E-state index is 12.2. The van der Waals surface area contributed by atoms with Crippen molar-refractivity contribution in [1.29, 1.82) is 0 Å². The number of carbonyl (C=O) groups excluding carboxylic acids is 1. The van der Waals surface area contributed by atoms with Crippen molar-refractivity contribution in [1.82, 2.24) is 15.1 Å². The lowest BCUT2D eigenvalue weighted by Gasteiger charge is -2.31. The molecule has 0 radical (unpaired) electrons. The van der Waals surface area contributed by atoms with E-state index in [1.165, 1.54) is 25.7 Å². The lowest BCUT2D eigenvalue weighted by molar-refractivity contribution is -0.132. The van der Waals surface area contributed by atoms with Gasteiger partial charge in [0.2, 0.25) is 5.91 Å². The van der Waals surface area contributed by atoms with Gasteiger partial charge < -0.3 is 10.2 Å². The first-order valence-electron chi connectivity index (χ1n) is 7.32. The van der Waals surface area contributed by atoms with Gasteiger partial charge in [-0.05, 0) is 52.6 Å². The largest absolute Gasteiger partial charge is 0.342 e. The Balaban J connectivity index is 1.89. The third-order valence-corrected chi connectivity index (χ3v) is 4.48. The molecule has 104 valence electrons. The Hall–Kier alpha value is -0.610. The first kappa shape index (κ1) is 13.8. The molecule has 18 heavy (non-hydrogen) atoms. The highest BCUT2D eigenvalue weighted by atomic mass is 16.2. The Bertz CT molecular complexity index is 287. The second-order valence-corrected chi connectivity index (χ2v) is 5.98. The lowest BCUT2D eigenvalue weighted by atomic mass is 10.0. The van der Waals surface area contributed by atoms with Crippen LogP contribution in [0.3, 0.4) is 0 Å². The summed E-state index contributed by atoms with van der Waals surface area (Å²) in [5.74, 6) is 0.259. The van der Waals surface area contributed by atoms with E-state index in [4.69, 9.17) is 0 Å². The minimum absolute atomic E-state index is 0.259. The summed E-state index contributed by atoms with van der Waals surface area (Å²) in [6, 6.07) is 1.49. The van der Waals surface area contributed by atoms with Crippen LogP contribution in [0.15, 0.2) is 0 Å². The molecule has 2 unspecified atom stereocenters. The molecule has 4 heteroatoms. The number of hydrogen-bond donors (Lipinski definition) is 1. The summed E-state index contributed by atoms with van der Waals surface area (Å²) in [4.78, 5) is 16.4. The van der Waals surface area contributed by atoms with Crippen molar-refractivity contribution in [2.24, 2.45) is 0 Å². The molecular weight excluding hydrogens is 226 g/mol. The van der Waals surface area contributed by atoms with Gasteiger partial charge in [-0.2, -0.15) is 0 Å². The molecule has 1 amide bonds. The van der Waals surface area contributed by atoms with Crippen molar-refractivity contribution in [2.75, 3.05) is 26.7 Å². The van der Waals surface area contributed by atoms with E-state index in [1.54, 1.807) is 0 Å². The molecule has 1 N–H and O–H groups in total. The highest BCUT2D eigenvalue weighted by molar-refractivity contribution is 5.78. The molecule has 2 aliphatic heterocycles. The Morgan fingerprint density at radius 3 is 2.78 bits per heavy atom. The summed E-state index contributed by atoms with van der Waals surface area (Å²) >= 11 is 0. The van der Waals surface area contributed by atoms with E-state index in [-0.39, 0.29) is 5.91 Å². The number of carbonyl (C=O) groups is 1. The van der Waals surface area contributed by atoms with E-state index in [0.29, 0.717) is 24.7 Å². The van der Waals surface area contributed by atoms with Crippen LogP contribution in [0, 0.1) is 0 Å². The van der Waals surface area contributed by atoms with Crippen molar-refractivity contribution in [3.05, 3.63) is 0 Å². The molecule has 0 aromatic carbocycles. The minimum Gasteiger partial charge on any atom is -0.342 e. The molecule has 0 aliphatic carbocycles. The van der Waals surface area contributed by atoms with E-state index >= 15 is 0 Å². The van der Waals surface area contributed by atoms with Gasteiger partial charge in [0.25, 0.3) is 0 Å². The normalized spacial score (nSPS) is 29.1. The van der Waals surface area contributed by atoms with E-state index in [9.17, 15) is 4.79 Å². The summed E-state index contributed by atoms with van der Waals surface area (Å²) in [5, 5.41) is 3.59. The van der Waals surface area contributed by atoms with E-state index < -0.39 is 0 Å². The molecule has 2 atom stereocenters. The van der Waals surface area contributed by atoms with Crippen LogP contribution in [0.2, 0.25) is 0 Å². The van der Waals surface area contributed by atoms with Crippen molar-refractivity contribution in [3.8, 4) is 0 Å². The van der Waals surface area contributed by atoms with Gasteiger partial charge in [-0.3, -0.25) is 9.69 Å². The number of nitrogens with zero attached hydrogens (tertiary/aromatic N) is 2. The van der Waals surface area contributed by atoms with Crippen LogP contribution >= 0.6 is 0 Å². The maximum Gasteiger partial charge on any atom is 0.236 e. The standard InChI is InChI=1S/C14H27N3O/c1-11(2)16(3)14(18)10-17-9-5-7-13(17)12-6-4-8-15-12/h11-13,15H,4-10H2,1-3H3. The van der Waals surface area contributed by atoms with Crippen LogP contribution in [0.1, 0.15) is 39.5 Å². The number of likely N-dealkylation sites (tertiary alicyclic amines) is 1. The van der Waals surface area contributed by atoms with Gasteiger partial charge in [0.1, 0.15) is 0 Å². The summed E-state index contributed by atoms with van der Waals surface area (Å²) in [5.41, 5.74) is 0. The van der Waals surface area contributed by atoms with Gasteiger partial charge in [0, 0.05) is 25.2 Å². The Morgan fingerprint density at radius 2 is 2.17 bits per heavy atom. The molecular formula is C14H27N3O. The zero-order valence-corrected chi connectivity index (χ0v) is 12.0. The molecule has 0 saturated carbocycles. The smallest absolute Gasteiger partial charge is 0.236 e. The average Bonchev–Trinajstić information content (AvgIpc) is 2.96. The van der Waals surface area contributed by atoms with Crippen LogP contribution in [0.5, 0.6) is 0 Å².